The fourth-order valence-electron chi connectivity index (χ4n) is 2.04. The van der Waals surface area contributed by atoms with E-state index < -0.39 is 5.60 Å². The molecule has 0 aromatic carbocycles. The lowest BCUT2D eigenvalue weighted by Crippen LogP contribution is -2.42. The van der Waals surface area contributed by atoms with Gasteiger partial charge in [-0.1, -0.05) is 0 Å². The van der Waals surface area contributed by atoms with Crippen LogP contribution in [-0.2, 0) is 15.1 Å². The Hall–Kier alpha value is -0.910. The molecule has 1 aliphatic rings. The Balaban J connectivity index is 1.86. The Morgan fingerprint density at radius 3 is 3.00 bits per heavy atom. The molecular weight excluding hydrogens is 250 g/mol. The number of amides is 1. The summed E-state index contributed by atoms with van der Waals surface area (Å²) in [6.45, 7) is 3.87. The Morgan fingerprint density at radius 1 is 1.67 bits per heavy atom. The van der Waals surface area contributed by atoms with E-state index in [0.717, 1.165) is 18.4 Å². The normalized spacial score (nSPS) is 26.8. The number of carbonyl (C=O) groups is 1. The van der Waals surface area contributed by atoms with E-state index in [1.165, 1.54) is 11.3 Å². The number of ether oxygens (including phenoxy) is 1. The van der Waals surface area contributed by atoms with Crippen LogP contribution in [0.1, 0.15) is 32.3 Å². The first kappa shape index (κ1) is 13.5. The van der Waals surface area contributed by atoms with Crippen LogP contribution in [-0.4, -0.2) is 29.8 Å². The maximum atomic E-state index is 11.9. The summed E-state index contributed by atoms with van der Waals surface area (Å²) in [6, 6.07) is 1.87. The molecule has 0 bridgehead atoms. The Bertz CT molecular complexity index is 402. The van der Waals surface area contributed by atoms with Gasteiger partial charge in [-0.25, -0.2) is 0 Å². The molecule has 0 radical (unpaired) electrons. The van der Waals surface area contributed by atoms with Crippen LogP contribution in [0.4, 0.5) is 0 Å². The first-order valence-electron chi connectivity index (χ1n) is 6.17. The molecule has 2 N–H and O–H groups in total. The van der Waals surface area contributed by atoms with Crippen molar-refractivity contribution in [1.29, 1.82) is 0 Å². The van der Waals surface area contributed by atoms with Gasteiger partial charge in [0.2, 0.25) is 5.91 Å². The highest BCUT2D eigenvalue weighted by Gasteiger charge is 2.30. The van der Waals surface area contributed by atoms with Crippen LogP contribution in [0, 0.1) is 0 Å². The molecule has 1 amide bonds. The molecule has 2 heterocycles. The van der Waals surface area contributed by atoms with Gasteiger partial charge < -0.3 is 15.2 Å². The van der Waals surface area contributed by atoms with Gasteiger partial charge in [0, 0.05) is 0 Å². The number of hydrogen-bond acceptors (Lipinski definition) is 4. The zero-order valence-electron chi connectivity index (χ0n) is 10.7. The van der Waals surface area contributed by atoms with Gasteiger partial charge in [0.05, 0.1) is 12.6 Å². The van der Waals surface area contributed by atoms with Gasteiger partial charge in [-0.2, -0.15) is 11.3 Å². The number of nitrogens with one attached hydrogen (secondary N) is 1. The van der Waals surface area contributed by atoms with Crippen molar-refractivity contribution in [3.8, 4) is 0 Å². The molecule has 4 nitrogen and oxygen atoms in total. The lowest BCUT2D eigenvalue weighted by atomic mass is 9.99. The minimum atomic E-state index is -1.03. The molecule has 18 heavy (non-hydrogen) atoms. The highest BCUT2D eigenvalue weighted by atomic mass is 32.1. The lowest BCUT2D eigenvalue weighted by Gasteiger charge is -2.23. The van der Waals surface area contributed by atoms with Crippen molar-refractivity contribution < 1.29 is 14.6 Å². The average molecular weight is 269 g/mol. The molecule has 3 unspecified atom stereocenters. The van der Waals surface area contributed by atoms with Gasteiger partial charge >= 0.3 is 0 Å². The summed E-state index contributed by atoms with van der Waals surface area (Å²) < 4.78 is 5.49. The monoisotopic (exact) mass is 269 g/mol. The topological polar surface area (TPSA) is 58.6 Å². The van der Waals surface area contributed by atoms with Crippen molar-refractivity contribution in [2.45, 2.75) is 44.5 Å². The molecule has 1 fully saturated rings. The van der Waals surface area contributed by atoms with Crippen molar-refractivity contribution in [1.82, 2.24) is 5.32 Å². The van der Waals surface area contributed by atoms with E-state index in [1.54, 1.807) is 6.92 Å². The number of carbonyl (C=O) groups excluding carboxylic acids is 1. The van der Waals surface area contributed by atoms with Gasteiger partial charge in [-0.05, 0) is 49.1 Å². The quantitative estimate of drug-likeness (QED) is 0.873. The third-order valence-electron chi connectivity index (χ3n) is 3.27. The Kier molecular flexibility index (Phi) is 4.04. The molecule has 1 aromatic rings. The molecule has 1 saturated heterocycles. The Labute approximate surface area is 111 Å². The van der Waals surface area contributed by atoms with Gasteiger partial charge in [0.15, 0.2) is 0 Å². The lowest BCUT2D eigenvalue weighted by molar-refractivity contribution is -0.132. The number of rotatable bonds is 4. The summed E-state index contributed by atoms with van der Waals surface area (Å²) in [7, 11) is 0. The van der Waals surface area contributed by atoms with Crippen LogP contribution >= 0.6 is 11.3 Å². The minimum absolute atomic E-state index is 0.130. The SMILES string of the molecule is CC1CCC(C(=O)NCC(C)(O)c2ccsc2)O1. The second-order valence-corrected chi connectivity index (χ2v) is 5.80. The largest absolute Gasteiger partial charge is 0.384 e. The van der Waals surface area contributed by atoms with Crippen LogP contribution in [0.15, 0.2) is 16.8 Å². The summed E-state index contributed by atoms with van der Waals surface area (Å²) in [5.74, 6) is -0.130. The fourth-order valence-corrected chi connectivity index (χ4v) is 2.82. The van der Waals surface area contributed by atoms with E-state index in [9.17, 15) is 9.90 Å². The van der Waals surface area contributed by atoms with Crippen molar-refractivity contribution in [3.63, 3.8) is 0 Å². The maximum absolute atomic E-state index is 11.9. The van der Waals surface area contributed by atoms with E-state index >= 15 is 0 Å². The van der Waals surface area contributed by atoms with Crippen LogP contribution in [0.3, 0.4) is 0 Å². The number of thiophene rings is 1. The van der Waals surface area contributed by atoms with E-state index in [2.05, 4.69) is 5.32 Å². The van der Waals surface area contributed by atoms with Crippen molar-refractivity contribution in [2.75, 3.05) is 6.54 Å². The van der Waals surface area contributed by atoms with E-state index in [0.29, 0.717) is 0 Å². The van der Waals surface area contributed by atoms with Gasteiger partial charge in [0.25, 0.3) is 0 Å². The molecule has 5 heteroatoms. The number of hydrogen-bond donors (Lipinski definition) is 2. The predicted molar refractivity (Wildman–Crippen MR) is 70.5 cm³/mol. The number of aliphatic hydroxyl groups is 1. The summed E-state index contributed by atoms with van der Waals surface area (Å²) in [6.07, 6.45) is 1.46. The molecule has 100 valence electrons. The second kappa shape index (κ2) is 5.38. The van der Waals surface area contributed by atoms with Crippen LogP contribution < -0.4 is 5.32 Å². The summed E-state index contributed by atoms with van der Waals surface area (Å²) in [5, 5.41) is 16.8. The summed E-state index contributed by atoms with van der Waals surface area (Å²) >= 11 is 1.53. The van der Waals surface area contributed by atoms with Gasteiger partial charge in [0.1, 0.15) is 11.7 Å². The summed E-state index contributed by atoms with van der Waals surface area (Å²) in [5.41, 5.74) is -0.201. The van der Waals surface area contributed by atoms with Crippen molar-refractivity contribution >= 4 is 17.2 Å². The van der Waals surface area contributed by atoms with E-state index in [4.69, 9.17) is 4.74 Å². The molecule has 1 aromatic heterocycles. The van der Waals surface area contributed by atoms with Crippen molar-refractivity contribution in [2.24, 2.45) is 0 Å². The van der Waals surface area contributed by atoms with Crippen LogP contribution in [0.25, 0.3) is 0 Å². The van der Waals surface area contributed by atoms with Gasteiger partial charge in [-0.3, -0.25) is 4.79 Å². The molecule has 0 saturated carbocycles. The molecule has 1 aliphatic heterocycles. The maximum Gasteiger partial charge on any atom is 0.249 e. The molecule has 0 aliphatic carbocycles. The second-order valence-electron chi connectivity index (χ2n) is 5.02. The first-order valence-corrected chi connectivity index (χ1v) is 7.11. The predicted octanol–water partition coefficient (Wildman–Crippen LogP) is 1.64. The first-order chi connectivity index (χ1) is 8.49. The molecular formula is C13H19NO3S. The highest BCUT2D eigenvalue weighted by Crippen LogP contribution is 2.23. The van der Waals surface area contributed by atoms with Gasteiger partial charge in [-0.15, -0.1) is 0 Å². The van der Waals surface area contributed by atoms with Crippen LogP contribution in [0.5, 0.6) is 0 Å². The summed E-state index contributed by atoms with van der Waals surface area (Å²) in [4.78, 5) is 11.9. The minimum Gasteiger partial charge on any atom is -0.384 e. The zero-order chi connectivity index (χ0) is 13.2. The van der Waals surface area contributed by atoms with E-state index in [1.807, 2.05) is 23.8 Å². The third kappa shape index (κ3) is 3.10. The smallest absolute Gasteiger partial charge is 0.249 e. The molecule has 2 rings (SSSR count). The fraction of sp³-hybridized carbons (Fsp3) is 0.615. The van der Waals surface area contributed by atoms with Crippen LogP contribution in [0.2, 0.25) is 0 Å². The average Bonchev–Trinajstić information content (AvgIpc) is 2.96. The molecule has 3 atom stereocenters. The highest BCUT2D eigenvalue weighted by molar-refractivity contribution is 7.08. The zero-order valence-corrected chi connectivity index (χ0v) is 11.5. The van der Waals surface area contributed by atoms with E-state index in [-0.39, 0.29) is 24.7 Å². The standard InChI is InChI=1S/C13H19NO3S/c1-9-3-4-11(17-9)12(15)14-8-13(2,16)10-5-6-18-7-10/h5-7,9,11,16H,3-4,8H2,1-2H3,(H,14,15). The third-order valence-corrected chi connectivity index (χ3v) is 3.96. The molecule has 0 spiro atoms. The van der Waals surface area contributed by atoms with Crippen molar-refractivity contribution in [3.05, 3.63) is 22.4 Å². The Morgan fingerprint density at radius 2 is 2.44 bits per heavy atom.